The Kier molecular flexibility index (Phi) is 5.02. The van der Waals surface area contributed by atoms with Gasteiger partial charge in [0.1, 0.15) is 24.0 Å². The summed E-state index contributed by atoms with van der Waals surface area (Å²) in [6.45, 7) is 2.13. The Balaban J connectivity index is 1.46. The second-order valence-corrected chi connectivity index (χ2v) is 7.05. The van der Waals surface area contributed by atoms with E-state index in [1.807, 2.05) is 17.7 Å². The molecule has 0 saturated carbocycles. The predicted molar refractivity (Wildman–Crippen MR) is 102 cm³/mol. The van der Waals surface area contributed by atoms with E-state index in [0.29, 0.717) is 18.9 Å². The van der Waals surface area contributed by atoms with Gasteiger partial charge in [0.2, 0.25) is 11.8 Å². The molecule has 30 heavy (non-hydrogen) atoms. The highest BCUT2D eigenvalue weighted by Gasteiger charge is 2.31. The Hall–Kier alpha value is -3.63. The zero-order chi connectivity index (χ0) is 21.4. The van der Waals surface area contributed by atoms with E-state index in [1.165, 1.54) is 17.3 Å². The standard InChI is InChI=1S/C19H19F2N7O2/c1-11-8-27-7-6-15(18(30)26(2)19(27)23-11)24-17(29)16-22-10-28(25-16)9-12-13(20)4-3-5-14(12)21/h3-5,8,10,15H,6-7,9H2,1-2H3,(H,24,29)/t15-/m1/s1. The van der Waals surface area contributed by atoms with E-state index in [-0.39, 0.29) is 23.8 Å². The minimum Gasteiger partial charge on any atom is -0.337 e. The van der Waals surface area contributed by atoms with Crippen LogP contribution in [0, 0.1) is 18.6 Å². The summed E-state index contributed by atoms with van der Waals surface area (Å²) in [7, 11) is 1.60. The van der Waals surface area contributed by atoms with Crippen LogP contribution < -0.4 is 10.2 Å². The fraction of sp³-hybridized carbons (Fsp3) is 0.316. The molecule has 0 aliphatic carbocycles. The van der Waals surface area contributed by atoms with Gasteiger partial charge in [0.05, 0.1) is 12.2 Å². The number of rotatable bonds is 4. The Morgan fingerprint density at radius 1 is 1.30 bits per heavy atom. The number of nitrogens with one attached hydrogen (secondary N) is 1. The molecule has 0 fully saturated rings. The van der Waals surface area contributed by atoms with E-state index in [1.54, 1.807) is 7.05 Å². The Bertz CT molecular complexity index is 1100. The zero-order valence-electron chi connectivity index (χ0n) is 16.3. The van der Waals surface area contributed by atoms with Crippen molar-refractivity contribution in [2.24, 2.45) is 0 Å². The molecule has 4 rings (SSSR count). The third-order valence-electron chi connectivity index (χ3n) is 4.89. The van der Waals surface area contributed by atoms with Crippen molar-refractivity contribution in [2.75, 3.05) is 11.9 Å². The Morgan fingerprint density at radius 3 is 2.77 bits per heavy atom. The molecule has 0 bridgehead atoms. The maximum atomic E-state index is 13.8. The smallest absolute Gasteiger partial charge is 0.291 e. The largest absolute Gasteiger partial charge is 0.337 e. The molecule has 0 unspecified atom stereocenters. The molecule has 2 aromatic heterocycles. The molecule has 0 radical (unpaired) electrons. The van der Waals surface area contributed by atoms with Crippen molar-refractivity contribution in [1.29, 1.82) is 0 Å². The van der Waals surface area contributed by atoms with Crippen molar-refractivity contribution >= 4 is 17.8 Å². The summed E-state index contributed by atoms with van der Waals surface area (Å²) in [5.74, 6) is -2.05. The average molecular weight is 415 g/mol. The molecule has 3 aromatic rings. The van der Waals surface area contributed by atoms with E-state index in [9.17, 15) is 18.4 Å². The number of carbonyl (C=O) groups excluding carboxylic acids is 2. The van der Waals surface area contributed by atoms with Crippen LogP contribution >= 0.6 is 0 Å². The van der Waals surface area contributed by atoms with Crippen LogP contribution in [-0.2, 0) is 17.9 Å². The van der Waals surface area contributed by atoms with Crippen LogP contribution in [-0.4, -0.2) is 49.2 Å². The normalized spacial score (nSPS) is 16.3. The van der Waals surface area contributed by atoms with Crippen molar-refractivity contribution in [2.45, 2.75) is 32.5 Å². The van der Waals surface area contributed by atoms with Crippen LogP contribution in [0.2, 0.25) is 0 Å². The van der Waals surface area contributed by atoms with Gasteiger partial charge in [-0.15, -0.1) is 5.10 Å². The maximum Gasteiger partial charge on any atom is 0.291 e. The highest BCUT2D eigenvalue weighted by atomic mass is 19.1. The molecule has 2 amide bonds. The number of nitrogens with zero attached hydrogens (tertiary/aromatic N) is 6. The third kappa shape index (κ3) is 3.65. The fourth-order valence-corrected chi connectivity index (χ4v) is 3.37. The lowest BCUT2D eigenvalue weighted by molar-refractivity contribution is -0.120. The topological polar surface area (TPSA) is 97.9 Å². The van der Waals surface area contributed by atoms with Gasteiger partial charge in [-0.25, -0.2) is 23.4 Å². The molecule has 9 nitrogen and oxygen atoms in total. The number of imidazole rings is 1. The summed E-state index contributed by atoms with van der Waals surface area (Å²) in [6, 6.07) is 2.77. The lowest BCUT2D eigenvalue weighted by Crippen LogP contribution is -2.47. The molecule has 1 N–H and O–H groups in total. The summed E-state index contributed by atoms with van der Waals surface area (Å²) in [5.41, 5.74) is 0.618. The van der Waals surface area contributed by atoms with Gasteiger partial charge in [0, 0.05) is 25.4 Å². The van der Waals surface area contributed by atoms with E-state index in [2.05, 4.69) is 20.4 Å². The number of aryl methyl sites for hydroxylation is 2. The molecular weight excluding hydrogens is 396 g/mol. The Labute approximate surface area is 170 Å². The van der Waals surface area contributed by atoms with Gasteiger partial charge < -0.3 is 9.88 Å². The number of hydrogen-bond acceptors (Lipinski definition) is 5. The predicted octanol–water partition coefficient (Wildman–Crippen LogP) is 1.27. The van der Waals surface area contributed by atoms with Crippen LogP contribution in [0.15, 0.2) is 30.7 Å². The Morgan fingerprint density at radius 2 is 2.03 bits per heavy atom. The first-order chi connectivity index (χ1) is 14.3. The SMILES string of the molecule is Cc1cn2c(n1)N(C)C(=O)[C@H](NC(=O)c1ncn(Cc3c(F)cccc3F)n1)CC2. The first-order valence-corrected chi connectivity index (χ1v) is 9.28. The van der Waals surface area contributed by atoms with Gasteiger partial charge >= 0.3 is 0 Å². The van der Waals surface area contributed by atoms with E-state index >= 15 is 0 Å². The number of likely N-dealkylation sites (N-methyl/N-ethyl adjacent to an activating group) is 1. The second-order valence-electron chi connectivity index (χ2n) is 7.05. The molecule has 11 heteroatoms. The molecule has 3 heterocycles. The quantitative estimate of drug-likeness (QED) is 0.692. The zero-order valence-corrected chi connectivity index (χ0v) is 16.3. The van der Waals surface area contributed by atoms with E-state index in [4.69, 9.17) is 0 Å². The van der Waals surface area contributed by atoms with E-state index < -0.39 is 23.6 Å². The highest BCUT2D eigenvalue weighted by molar-refractivity contribution is 6.00. The number of hydrogen-bond donors (Lipinski definition) is 1. The van der Waals surface area contributed by atoms with Crippen LogP contribution in [0.3, 0.4) is 0 Å². The van der Waals surface area contributed by atoms with Gasteiger partial charge in [-0.2, -0.15) is 0 Å². The second kappa shape index (κ2) is 7.65. The van der Waals surface area contributed by atoms with Crippen molar-refractivity contribution in [3.8, 4) is 0 Å². The summed E-state index contributed by atoms with van der Waals surface area (Å²) in [6.07, 6.45) is 3.42. The van der Waals surface area contributed by atoms with Gasteiger partial charge in [0.25, 0.3) is 11.8 Å². The molecule has 1 aromatic carbocycles. The highest BCUT2D eigenvalue weighted by Crippen LogP contribution is 2.20. The average Bonchev–Trinajstić information content (AvgIpc) is 3.31. The summed E-state index contributed by atoms with van der Waals surface area (Å²) >= 11 is 0. The van der Waals surface area contributed by atoms with Gasteiger partial charge in [0.15, 0.2) is 0 Å². The molecular formula is C19H19F2N7O2. The maximum absolute atomic E-state index is 13.8. The first kappa shape index (κ1) is 19.7. The molecule has 1 aliphatic rings. The number of amides is 2. The lowest BCUT2D eigenvalue weighted by atomic mass is 10.2. The minimum atomic E-state index is -0.777. The number of anilines is 1. The molecule has 0 spiro atoms. The van der Waals surface area contributed by atoms with E-state index in [0.717, 1.165) is 22.5 Å². The number of benzene rings is 1. The monoisotopic (exact) mass is 415 g/mol. The van der Waals surface area contributed by atoms with Crippen molar-refractivity contribution in [3.05, 3.63) is 59.4 Å². The van der Waals surface area contributed by atoms with Crippen molar-refractivity contribution < 1.29 is 18.4 Å². The molecule has 1 atom stereocenters. The van der Waals surface area contributed by atoms with Gasteiger partial charge in [-0.1, -0.05) is 6.07 Å². The van der Waals surface area contributed by atoms with Gasteiger partial charge in [-0.05, 0) is 25.5 Å². The van der Waals surface area contributed by atoms with Crippen LogP contribution in [0.1, 0.15) is 28.3 Å². The molecule has 1 aliphatic heterocycles. The van der Waals surface area contributed by atoms with Gasteiger partial charge in [-0.3, -0.25) is 14.5 Å². The number of aromatic nitrogens is 5. The number of halogens is 2. The van der Waals surface area contributed by atoms with Crippen LogP contribution in [0.25, 0.3) is 0 Å². The van der Waals surface area contributed by atoms with Crippen molar-refractivity contribution in [3.63, 3.8) is 0 Å². The third-order valence-corrected chi connectivity index (χ3v) is 4.89. The number of fused-ring (bicyclic) bond motifs is 1. The summed E-state index contributed by atoms with van der Waals surface area (Å²) in [5, 5.41) is 6.62. The molecule has 156 valence electrons. The fourth-order valence-electron chi connectivity index (χ4n) is 3.37. The summed E-state index contributed by atoms with van der Waals surface area (Å²) < 4.78 is 30.6. The molecule has 0 saturated heterocycles. The van der Waals surface area contributed by atoms with Crippen LogP contribution in [0.5, 0.6) is 0 Å². The number of carbonyl (C=O) groups is 2. The lowest BCUT2D eigenvalue weighted by Gasteiger charge is -2.19. The first-order valence-electron chi connectivity index (χ1n) is 9.28. The summed E-state index contributed by atoms with van der Waals surface area (Å²) in [4.78, 5) is 34.9. The minimum absolute atomic E-state index is 0.181. The van der Waals surface area contributed by atoms with Crippen molar-refractivity contribution in [1.82, 2.24) is 29.6 Å². The van der Waals surface area contributed by atoms with Crippen LogP contribution in [0.4, 0.5) is 14.7 Å².